The minimum absolute atomic E-state index is 0.327. The minimum atomic E-state index is 0.327. The van der Waals surface area contributed by atoms with Crippen LogP contribution in [0.3, 0.4) is 0 Å². The lowest BCUT2D eigenvalue weighted by Crippen LogP contribution is -2.12. The molecule has 1 N–H and O–H groups in total. The molecule has 0 unspecified atom stereocenters. The Bertz CT molecular complexity index is 622. The van der Waals surface area contributed by atoms with Gasteiger partial charge in [-0.3, -0.25) is 4.98 Å². The Hall–Kier alpha value is -2.07. The highest BCUT2D eigenvalue weighted by Gasteiger charge is 2.11. The third kappa shape index (κ3) is 4.21. The van der Waals surface area contributed by atoms with Crippen molar-refractivity contribution in [2.24, 2.45) is 0 Å². The topological polar surface area (TPSA) is 45.6 Å². The molecule has 0 bridgehead atoms. The molecular weight excluding hydrogens is 276 g/mol. The molecule has 1 aromatic heterocycles. The molecule has 0 fully saturated rings. The van der Waals surface area contributed by atoms with E-state index >= 15 is 0 Å². The number of aryl methyl sites for hydroxylation is 3. The Balaban J connectivity index is 2.12. The van der Waals surface area contributed by atoms with Gasteiger partial charge in [-0.2, -0.15) is 0 Å². The van der Waals surface area contributed by atoms with Crippen molar-refractivity contribution >= 4 is 0 Å². The molecule has 2 rings (SSSR count). The van der Waals surface area contributed by atoms with Crippen LogP contribution in [0.1, 0.15) is 22.5 Å². The molecule has 0 amide bonds. The Morgan fingerprint density at radius 1 is 1.14 bits per heavy atom. The summed E-state index contributed by atoms with van der Waals surface area (Å²) in [6, 6.07) is 9.96. The van der Waals surface area contributed by atoms with Gasteiger partial charge in [0.25, 0.3) is 0 Å². The summed E-state index contributed by atoms with van der Waals surface area (Å²) >= 11 is 0. The van der Waals surface area contributed by atoms with Crippen molar-refractivity contribution in [3.05, 3.63) is 52.8 Å². The first-order chi connectivity index (χ1) is 10.5. The van der Waals surface area contributed by atoms with Gasteiger partial charge < -0.3 is 14.7 Å². The van der Waals surface area contributed by atoms with Crippen LogP contribution in [0.15, 0.2) is 30.3 Å². The molecular formula is C18H24N2O2. The highest BCUT2D eigenvalue weighted by molar-refractivity contribution is 5.38. The molecule has 1 heterocycles. The Morgan fingerprint density at radius 2 is 1.82 bits per heavy atom. The minimum Gasteiger partial charge on any atom is -0.506 e. The predicted molar refractivity (Wildman–Crippen MR) is 88.4 cm³/mol. The second-order valence-electron chi connectivity index (χ2n) is 5.80. The fourth-order valence-electron chi connectivity index (χ4n) is 2.49. The summed E-state index contributed by atoms with van der Waals surface area (Å²) in [5.74, 6) is 1.18. The number of nitrogens with zero attached hydrogens (tertiary/aromatic N) is 2. The van der Waals surface area contributed by atoms with E-state index in [0.29, 0.717) is 12.3 Å². The van der Waals surface area contributed by atoms with Gasteiger partial charge in [-0.25, -0.2) is 0 Å². The highest BCUT2D eigenvalue weighted by atomic mass is 16.5. The lowest BCUT2D eigenvalue weighted by Gasteiger charge is -2.14. The smallest absolute Gasteiger partial charge is 0.141 e. The van der Waals surface area contributed by atoms with Gasteiger partial charge in [-0.05, 0) is 57.6 Å². The van der Waals surface area contributed by atoms with Gasteiger partial charge in [0.05, 0.1) is 12.8 Å². The van der Waals surface area contributed by atoms with Gasteiger partial charge in [-0.15, -0.1) is 0 Å². The molecule has 0 saturated carbocycles. The Labute approximate surface area is 132 Å². The Morgan fingerprint density at radius 3 is 2.41 bits per heavy atom. The van der Waals surface area contributed by atoms with Crippen molar-refractivity contribution in [2.75, 3.05) is 21.2 Å². The fourth-order valence-corrected chi connectivity index (χ4v) is 2.49. The maximum absolute atomic E-state index is 10.4. The van der Waals surface area contributed by atoms with Crippen LogP contribution in [0.5, 0.6) is 11.5 Å². The zero-order chi connectivity index (χ0) is 16.1. The van der Waals surface area contributed by atoms with Gasteiger partial charge in [0.2, 0.25) is 0 Å². The standard InChI is InChI=1S/C18H24N2O2/c1-13-11-15(12-20(2)3)18(21)17(19-13)10-7-14-5-8-16(22-4)9-6-14/h5-6,8-9,11,21H,7,10,12H2,1-4H3. The van der Waals surface area contributed by atoms with E-state index in [0.717, 1.165) is 35.5 Å². The summed E-state index contributed by atoms with van der Waals surface area (Å²) in [5.41, 5.74) is 3.85. The molecule has 0 spiro atoms. The predicted octanol–water partition coefficient (Wildman–Crippen LogP) is 2.95. The summed E-state index contributed by atoms with van der Waals surface area (Å²) < 4.78 is 5.16. The van der Waals surface area contributed by atoms with E-state index in [1.54, 1.807) is 7.11 Å². The number of aromatic hydroxyl groups is 1. The first-order valence-corrected chi connectivity index (χ1v) is 7.45. The van der Waals surface area contributed by atoms with E-state index in [4.69, 9.17) is 4.74 Å². The summed E-state index contributed by atoms with van der Waals surface area (Å²) in [4.78, 5) is 6.54. The average Bonchev–Trinajstić information content (AvgIpc) is 2.49. The largest absolute Gasteiger partial charge is 0.506 e. The van der Waals surface area contributed by atoms with Crippen molar-refractivity contribution in [3.8, 4) is 11.5 Å². The van der Waals surface area contributed by atoms with Crippen LogP contribution in [0.4, 0.5) is 0 Å². The first kappa shape index (κ1) is 16.3. The van der Waals surface area contributed by atoms with Crippen LogP contribution in [0.2, 0.25) is 0 Å². The van der Waals surface area contributed by atoms with Gasteiger partial charge in [0, 0.05) is 17.8 Å². The van der Waals surface area contributed by atoms with E-state index in [1.165, 1.54) is 5.56 Å². The zero-order valence-electron chi connectivity index (χ0n) is 13.8. The molecule has 0 saturated heterocycles. The molecule has 0 aliphatic carbocycles. The number of methoxy groups -OCH3 is 1. The quantitative estimate of drug-likeness (QED) is 0.891. The van der Waals surface area contributed by atoms with Crippen LogP contribution in [-0.4, -0.2) is 36.2 Å². The van der Waals surface area contributed by atoms with Crippen LogP contribution in [0, 0.1) is 6.92 Å². The molecule has 2 aromatic rings. The number of rotatable bonds is 6. The molecule has 1 aromatic carbocycles. The van der Waals surface area contributed by atoms with Crippen LogP contribution >= 0.6 is 0 Å². The second-order valence-corrected chi connectivity index (χ2v) is 5.80. The monoisotopic (exact) mass is 300 g/mol. The van der Waals surface area contributed by atoms with Gasteiger partial charge in [0.1, 0.15) is 11.5 Å². The SMILES string of the molecule is COc1ccc(CCc2nc(C)cc(CN(C)C)c2O)cc1. The summed E-state index contributed by atoms with van der Waals surface area (Å²) in [5, 5.41) is 10.4. The lowest BCUT2D eigenvalue weighted by molar-refractivity contribution is 0.382. The number of benzene rings is 1. The maximum atomic E-state index is 10.4. The molecule has 22 heavy (non-hydrogen) atoms. The maximum Gasteiger partial charge on any atom is 0.141 e. The lowest BCUT2D eigenvalue weighted by atomic mass is 10.0. The normalized spacial score (nSPS) is 11.0. The van der Waals surface area contributed by atoms with Crippen LogP contribution in [-0.2, 0) is 19.4 Å². The second kappa shape index (κ2) is 7.27. The highest BCUT2D eigenvalue weighted by Crippen LogP contribution is 2.24. The molecule has 4 heteroatoms. The Kier molecular flexibility index (Phi) is 5.39. The van der Waals surface area contributed by atoms with E-state index in [1.807, 2.05) is 56.3 Å². The van der Waals surface area contributed by atoms with E-state index in [2.05, 4.69) is 4.98 Å². The van der Waals surface area contributed by atoms with Gasteiger partial charge >= 0.3 is 0 Å². The third-order valence-corrected chi connectivity index (χ3v) is 3.57. The molecule has 0 aliphatic heterocycles. The average molecular weight is 300 g/mol. The van der Waals surface area contributed by atoms with Crippen molar-refractivity contribution < 1.29 is 9.84 Å². The molecule has 0 radical (unpaired) electrons. The zero-order valence-corrected chi connectivity index (χ0v) is 13.8. The van der Waals surface area contributed by atoms with E-state index < -0.39 is 0 Å². The molecule has 0 aliphatic rings. The van der Waals surface area contributed by atoms with E-state index in [-0.39, 0.29) is 0 Å². The molecule has 4 nitrogen and oxygen atoms in total. The van der Waals surface area contributed by atoms with E-state index in [9.17, 15) is 5.11 Å². The number of pyridine rings is 1. The molecule has 0 atom stereocenters. The molecule has 118 valence electrons. The van der Waals surface area contributed by atoms with Crippen molar-refractivity contribution in [2.45, 2.75) is 26.3 Å². The summed E-state index contributed by atoms with van der Waals surface area (Å²) in [6.07, 6.45) is 1.57. The van der Waals surface area contributed by atoms with Crippen molar-refractivity contribution in [3.63, 3.8) is 0 Å². The summed E-state index contributed by atoms with van der Waals surface area (Å²) in [7, 11) is 5.65. The summed E-state index contributed by atoms with van der Waals surface area (Å²) in [6.45, 7) is 2.68. The number of ether oxygens (including phenoxy) is 1. The van der Waals surface area contributed by atoms with Crippen LogP contribution in [0.25, 0.3) is 0 Å². The van der Waals surface area contributed by atoms with Crippen LogP contribution < -0.4 is 4.74 Å². The fraction of sp³-hybridized carbons (Fsp3) is 0.389. The van der Waals surface area contributed by atoms with Gasteiger partial charge in [-0.1, -0.05) is 12.1 Å². The number of hydrogen-bond acceptors (Lipinski definition) is 4. The number of hydrogen-bond donors (Lipinski definition) is 1. The first-order valence-electron chi connectivity index (χ1n) is 7.45. The number of aromatic nitrogens is 1. The van der Waals surface area contributed by atoms with Gasteiger partial charge in [0.15, 0.2) is 0 Å². The van der Waals surface area contributed by atoms with Crippen molar-refractivity contribution in [1.82, 2.24) is 9.88 Å². The van der Waals surface area contributed by atoms with Crippen molar-refractivity contribution in [1.29, 1.82) is 0 Å². The third-order valence-electron chi connectivity index (χ3n) is 3.57.